The van der Waals surface area contributed by atoms with Gasteiger partial charge in [0.2, 0.25) is 15.9 Å². The first-order valence-electron chi connectivity index (χ1n) is 5.20. The van der Waals surface area contributed by atoms with Crippen molar-refractivity contribution in [3.05, 3.63) is 0 Å². The Bertz CT molecular complexity index is 349. The molecular formula is C9H19N3O3S. The smallest absolute Gasteiger partial charge is 0.237 e. The van der Waals surface area contributed by atoms with E-state index in [1.165, 1.54) is 7.05 Å². The molecule has 1 N–H and O–H groups in total. The molecular weight excluding hydrogens is 230 g/mol. The summed E-state index contributed by atoms with van der Waals surface area (Å²) in [4.78, 5) is 13.4. The molecule has 0 aromatic carbocycles. The third-order valence-corrected chi connectivity index (χ3v) is 4.16. The second-order valence-corrected chi connectivity index (χ2v) is 6.26. The van der Waals surface area contributed by atoms with Crippen LogP contribution in [0.15, 0.2) is 0 Å². The summed E-state index contributed by atoms with van der Waals surface area (Å²) in [5.74, 6) is -0.165. The van der Waals surface area contributed by atoms with Crippen molar-refractivity contribution in [2.45, 2.75) is 12.5 Å². The standard InChI is InChI=1S/C9H19N3O3S/c1-11(16(3,14)15)7-9(13)12(2)8-4-5-10-6-8/h8,10H,4-7H2,1-3H3. The molecule has 1 aliphatic heterocycles. The monoisotopic (exact) mass is 249 g/mol. The molecule has 0 bridgehead atoms. The number of hydrogen-bond donors (Lipinski definition) is 1. The van der Waals surface area contributed by atoms with Crippen molar-refractivity contribution >= 4 is 15.9 Å². The molecule has 7 heteroatoms. The zero-order valence-corrected chi connectivity index (χ0v) is 10.7. The fraction of sp³-hybridized carbons (Fsp3) is 0.889. The van der Waals surface area contributed by atoms with Crippen LogP contribution in [0.25, 0.3) is 0 Å². The van der Waals surface area contributed by atoms with Crippen LogP contribution in [-0.2, 0) is 14.8 Å². The van der Waals surface area contributed by atoms with Crippen LogP contribution in [-0.4, -0.2) is 69.6 Å². The van der Waals surface area contributed by atoms with Gasteiger partial charge in [-0.3, -0.25) is 4.79 Å². The quantitative estimate of drug-likeness (QED) is 0.672. The van der Waals surface area contributed by atoms with Crippen LogP contribution in [0.5, 0.6) is 0 Å². The predicted octanol–water partition coefficient (Wildman–Crippen LogP) is -1.30. The van der Waals surface area contributed by atoms with Gasteiger partial charge in [-0.15, -0.1) is 0 Å². The van der Waals surface area contributed by atoms with Crippen LogP contribution in [0, 0.1) is 0 Å². The Labute approximate surface area is 96.6 Å². The van der Waals surface area contributed by atoms with Gasteiger partial charge < -0.3 is 10.2 Å². The largest absolute Gasteiger partial charge is 0.340 e. The van der Waals surface area contributed by atoms with Gasteiger partial charge >= 0.3 is 0 Å². The van der Waals surface area contributed by atoms with Crippen molar-refractivity contribution in [3.63, 3.8) is 0 Å². The van der Waals surface area contributed by atoms with Crippen molar-refractivity contribution in [3.8, 4) is 0 Å². The predicted molar refractivity (Wildman–Crippen MR) is 61.5 cm³/mol. The highest BCUT2D eigenvalue weighted by Crippen LogP contribution is 2.07. The van der Waals surface area contributed by atoms with Crippen LogP contribution < -0.4 is 5.32 Å². The van der Waals surface area contributed by atoms with Crippen molar-refractivity contribution in [1.82, 2.24) is 14.5 Å². The topological polar surface area (TPSA) is 69.7 Å². The lowest BCUT2D eigenvalue weighted by atomic mass is 10.2. The molecule has 1 rings (SSSR count). The maximum absolute atomic E-state index is 11.8. The Morgan fingerprint density at radius 2 is 2.06 bits per heavy atom. The van der Waals surface area contributed by atoms with Crippen LogP contribution in [0.4, 0.5) is 0 Å². The number of nitrogens with zero attached hydrogens (tertiary/aromatic N) is 2. The van der Waals surface area contributed by atoms with E-state index in [0.717, 1.165) is 30.1 Å². The van der Waals surface area contributed by atoms with Gasteiger partial charge in [-0.05, 0) is 13.0 Å². The number of likely N-dealkylation sites (N-methyl/N-ethyl adjacent to an activating group) is 2. The molecule has 1 heterocycles. The number of hydrogen-bond acceptors (Lipinski definition) is 4. The number of amides is 1. The highest BCUT2D eigenvalue weighted by Gasteiger charge is 2.25. The van der Waals surface area contributed by atoms with Gasteiger partial charge in [0.25, 0.3) is 0 Å². The van der Waals surface area contributed by atoms with E-state index in [4.69, 9.17) is 0 Å². The summed E-state index contributed by atoms with van der Waals surface area (Å²) >= 11 is 0. The molecule has 0 spiro atoms. The number of nitrogens with one attached hydrogen (secondary N) is 1. The summed E-state index contributed by atoms with van der Waals surface area (Å²) in [6, 6.07) is 0.181. The number of carbonyl (C=O) groups excluding carboxylic acids is 1. The summed E-state index contributed by atoms with van der Waals surface area (Å²) < 4.78 is 23.4. The van der Waals surface area contributed by atoms with Crippen LogP contribution in [0.2, 0.25) is 0 Å². The van der Waals surface area contributed by atoms with Gasteiger partial charge in [0.05, 0.1) is 12.8 Å². The highest BCUT2D eigenvalue weighted by atomic mass is 32.2. The molecule has 0 aliphatic carbocycles. The van der Waals surface area contributed by atoms with Crippen LogP contribution >= 0.6 is 0 Å². The normalized spacial score (nSPS) is 21.4. The highest BCUT2D eigenvalue weighted by molar-refractivity contribution is 7.88. The molecule has 1 atom stereocenters. The summed E-state index contributed by atoms with van der Waals surface area (Å²) in [5, 5.41) is 3.17. The second-order valence-electron chi connectivity index (χ2n) is 4.17. The Balaban J connectivity index is 2.51. The Morgan fingerprint density at radius 1 is 1.44 bits per heavy atom. The molecule has 1 fully saturated rings. The molecule has 0 saturated carbocycles. The van der Waals surface area contributed by atoms with E-state index in [1.54, 1.807) is 11.9 Å². The Morgan fingerprint density at radius 3 is 2.50 bits per heavy atom. The zero-order valence-electron chi connectivity index (χ0n) is 9.93. The van der Waals surface area contributed by atoms with Crippen molar-refractivity contribution in [2.24, 2.45) is 0 Å². The minimum atomic E-state index is -3.28. The van der Waals surface area contributed by atoms with E-state index in [1.807, 2.05) is 0 Å². The van der Waals surface area contributed by atoms with Crippen LogP contribution in [0.3, 0.4) is 0 Å². The van der Waals surface area contributed by atoms with E-state index in [9.17, 15) is 13.2 Å². The molecule has 6 nitrogen and oxygen atoms in total. The van der Waals surface area contributed by atoms with Gasteiger partial charge in [0, 0.05) is 26.7 Å². The first kappa shape index (κ1) is 13.4. The molecule has 94 valence electrons. The molecule has 1 aliphatic rings. The number of sulfonamides is 1. The molecule has 1 saturated heterocycles. The molecule has 1 unspecified atom stereocenters. The Hall–Kier alpha value is -0.660. The lowest BCUT2D eigenvalue weighted by molar-refractivity contribution is -0.131. The maximum Gasteiger partial charge on any atom is 0.237 e. The van der Waals surface area contributed by atoms with Crippen LogP contribution in [0.1, 0.15) is 6.42 Å². The first-order valence-corrected chi connectivity index (χ1v) is 7.05. The molecule has 0 radical (unpaired) electrons. The van der Waals surface area contributed by atoms with E-state index < -0.39 is 10.0 Å². The van der Waals surface area contributed by atoms with Crippen molar-refractivity contribution < 1.29 is 13.2 Å². The maximum atomic E-state index is 11.8. The zero-order chi connectivity index (χ0) is 12.3. The van der Waals surface area contributed by atoms with E-state index in [-0.39, 0.29) is 18.5 Å². The molecule has 16 heavy (non-hydrogen) atoms. The minimum Gasteiger partial charge on any atom is -0.340 e. The summed E-state index contributed by atoms with van der Waals surface area (Å²) in [6.07, 6.45) is 2.02. The van der Waals surface area contributed by atoms with Crippen molar-refractivity contribution in [2.75, 3.05) is 40.0 Å². The number of rotatable bonds is 4. The second kappa shape index (κ2) is 5.11. The average Bonchev–Trinajstić information content (AvgIpc) is 2.67. The fourth-order valence-corrected chi connectivity index (χ4v) is 1.94. The third-order valence-electron chi connectivity index (χ3n) is 2.90. The lowest BCUT2D eigenvalue weighted by Gasteiger charge is -2.25. The average molecular weight is 249 g/mol. The van der Waals surface area contributed by atoms with Gasteiger partial charge in [-0.1, -0.05) is 0 Å². The van der Waals surface area contributed by atoms with Gasteiger partial charge in [0.15, 0.2) is 0 Å². The van der Waals surface area contributed by atoms with E-state index in [0.29, 0.717) is 0 Å². The van der Waals surface area contributed by atoms with E-state index in [2.05, 4.69) is 5.32 Å². The van der Waals surface area contributed by atoms with Gasteiger partial charge in [0.1, 0.15) is 0 Å². The summed E-state index contributed by atoms with van der Waals surface area (Å²) in [6.45, 7) is 1.60. The van der Waals surface area contributed by atoms with Crippen molar-refractivity contribution in [1.29, 1.82) is 0 Å². The molecule has 1 amide bonds. The summed E-state index contributed by atoms with van der Waals surface area (Å²) in [7, 11) is -0.156. The first-order chi connectivity index (χ1) is 7.32. The number of carbonyl (C=O) groups is 1. The Kier molecular flexibility index (Phi) is 4.28. The fourth-order valence-electron chi connectivity index (χ4n) is 1.59. The third kappa shape index (κ3) is 3.43. The SMILES string of the molecule is CN(C(=O)CN(C)S(C)(=O)=O)C1CCNC1. The summed E-state index contributed by atoms with van der Waals surface area (Å²) in [5.41, 5.74) is 0. The van der Waals surface area contributed by atoms with Gasteiger partial charge in [-0.2, -0.15) is 4.31 Å². The van der Waals surface area contributed by atoms with Gasteiger partial charge in [-0.25, -0.2) is 8.42 Å². The molecule has 0 aromatic rings. The van der Waals surface area contributed by atoms with E-state index >= 15 is 0 Å². The minimum absolute atomic E-state index is 0.0914. The molecule has 0 aromatic heterocycles. The lowest BCUT2D eigenvalue weighted by Crippen LogP contribution is -2.44.